The molecule has 0 radical (unpaired) electrons. The molecule has 0 atom stereocenters. The number of ether oxygens (including phenoxy) is 1. The van der Waals surface area contributed by atoms with Gasteiger partial charge in [0.05, 0.1) is 18.8 Å². The zero-order valence-corrected chi connectivity index (χ0v) is 12.5. The third kappa shape index (κ3) is 4.11. The van der Waals surface area contributed by atoms with E-state index in [2.05, 4.69) is 31.8 Å². The fourth-order valence-corrected chi connectivity index (χ4v) is 2.44. The Kier molecular flexibility index (Phi) is 5.64. The van der Waals surface area contributed by atoms with Crippen LogP contribution < -0.4 is 4.74 Å². The molecule has 0 bridgehead atoms. The summed E-state index contributed by atoms with van der Waals surface area (Å²) in [5.74, 6) is 0.650. The maximum Gasteiger partial charge on any atom is 0.253 e. The van der Waals surface area contributed by atoms with E-state index >= 15 is 0 Å². The fourth-order valence-electron chi connectivity index (χ4n) is 1.89. The molecule has 2 aromatic heterocycles. The van der Waals surface area contributed by atoms with Gasteiger partial charge in [-0.15, -0.1) is 4.37 Å². The van der Waals surface area contributed by atoms with Crippen LogP contribution >= 0.6 is 11.7 Å². The van der Waals surface area contributed by atoms with Gasteiger partial charge in [0.1, 0.15) is 5.69 Å². The zero-order valence-electron chi connectivity index (χ0n) is 11.7. The van der Waals surface area contributed by atoms with Gasteiger partial charge >= 0.3 is 0 Å². The van der Waals surface area contributed by atoms with Gasteiger partial charge in [-0.05, 0) is 31.2 Å². The van der Waals surface area contributed by atoms with Gasteiger partial charge in [0.25, 0.3) is 5.88 Å². The van der Waals surface area contributed by atoms with Gasteiger partial charge in [-0.2, -0.15) is 4.37 Å². The van der Waals surface area contributed by atoms with Crippen LogP contribution in [0, 0.1) is 0 Å². The summed E-state index contributed by atoms with van der Waals surface area (Å²) >= 11 is 1.20. The molecule has 5 nitrogen and oxygen atoms in total. The van der Waals surface area contributed by atoms with Crippen LogP contribution in [0.2, 0.25) is 0 Å². The molecular weight excluding hydrogens is 272 g/mol. The first kappa shape index (κ1) is 14.6. The highest BCUT2D eigenvalue weighted by molar-refractivity contribution is 6.99. The maximum atomic E-state index is 5.15. The minimum Gasteiger partial charge on any atom is -0.479 e. The van der Waals surface area contributed by atoms with Gasteiger partial charge < -0.3 is 9.64 Å². The van der Waals surface area contributed by atoms with Crippen LogP contribution in [-0.4, -0.2) is 45.9 Å². The summed E-state index contributed by atoms with van der Waals surface area (Å²) in [6.45, 7) is 2.05. The van der Waals surface area contributed by atoms with Gasteiger partial charge in [-0.3, -0.25) is 4.98 Å². The quantitative estimate of drug-likeness (QED) is 0.849. The smallest absolute Gasteiger partial charge is 0.253 e. The molecule has 0 unspecified atom stereocenters. The highest BCUT2D eigenvalue weighted by Gasteiger charge is 2.17. The lowest BCUT2D eigenvalue weighted by atomic mass is 10.1. The molecule has 0 aromatic carbocycles. The monoisotopic (exact) mass is 290 g/mol. The van der Waals surface area contributed by atoms with E-state index in [1.165, 1.54) is 17.3 Å². The molecule has 0 spiro atoms. The van der Waals surface area contributed by atoms with Crippen LogP contribution in [0.1, 0.15) is 12.1 Å². The van der Waals surface area contributed by atoms with Crippen LogP contribution in [0.3, 0.4) is 0 Å². The molecule has 0 N–H and O–H groups in total. The summed E-state index contributed by atoms with van der Waals surface area (Å²) in [6.07, 6.45) is 6.80. The minimum absolute atomic E-state index is 0.650. The summed E-state index contributed by atoms with van der Waals surface area (Å²) in [7, 11) is 3.74. The fraction of sp³-hybridized carbons (Fsp3) is 0.357. The lowest BCUT2D eigenvalue weighted by Gasteiger charge is -2.21. The number of pyridine rings is 1. The Morgan fingerprint density at radius 3 is 2.55 bits per heavy atom. The summed E-state index contributed by atoms with van der Waals surface area (Å²) in [4.78, 5) is 6.06. The molecule has 6 heteroatoms. The van der Waals surface area contributed by atoms with Gasteiger partial charge in [0.2, 0.25) is 0 Å². The van der Waals surface area contributed by atoms with E-state index in [0.717, 1.165) is 25.2 Å². The predicted molar refractivity (Wildman–Crippen MR) is 80.8 cm³/mol. The molecule has 3 rings (SSSR count). The van der Waals surface area contributed by atoms with E-state index in [9.17, 15) is 0 Å². The molecule has 1 aliphatic heterocycles. The molecule has 2 aromatic rings. The highest BCUT2D eigenvalue weighted by Crippen LogP contribution is 2.26. The molecule has 20 heavy (non-hydrogen) atoms. The van der Waals surface area contributed by atoms with Crippen LogP contribution in [0.5, 0.6) is 5.88 Å². The number of aromatic nitrogens is 3. The minimum atomic E-state index is 0.650. The molecule has 0 amide bonds. The maximum absolute atomic E-state index is 5.15. The van der Waals surface area contributed by atoms with Gasteiger partial charge in [0, 0.05) is 25.5 Å². The van der Waals surface area contributed by atoms with Crippen LogP contribution in [0.25, 0.3) is 5.57 Å². The van der Waals surface area contributed by atoms with Crippen molar-refractivity contribution in [3.63, 3.8) is 0 Å². The first-order valence-electron chi connectivity index (χ1n) is 6.40. The lowest BCUT2D eigenvalue weighted by molar-refractivity contribution is 0.369. The zero-order chi connectivity index (χ0) is 14.2. The second kappa shape index (κ2) is 7.72. The Morgan fingerprint density at radius 1 is 1.20 bits per heavy atom. The standard InChI is InChI=1S/C9H13N3OS.C5H5N/c1-12-5-3-4-7(6-12)8-9(13-2)11-14-10-8;1-2-4-6-5-3-1/h4H,3,5-6H2,1-2H3;1-5H. The Hall–Kier alpha value is -1.79. The Balaban J connectivity index is 0.000000205. The van der Waals surface area contributed by atoms with Crippen molar-refractivity contribution in [2.75, 3.05) is 27.2 Å². The Morgan fingerprint density at radius 2 is 2.00 bits per heavy atom. The third-order valence-electron chi connectivity index (χ3n) is 2.86. The molecule has 0 fully saturated rings. The third-order valence-corrected chi connectivity index (χ3v) is 3.38. The topological polar surface area (TPSA) is 51.1 Å². The van der Waals surface area contributed by atoms with Crippen molar-refractivity contribution in [3.05, 3.63) is 42.4 Å². The number of hydrogen-bond donors (Lipinski definition) is 0. The van der Waals surface area contributed by atoms with Gasteiger partial charge in [0.15, 0.2) is 0 Å². The summed E-state index contributed by atoms with van der Waals surface area (Å²) in [6, 6.07) is 5.72. The van der Waals surface area contributed by atoms with Crippen molar-refractivity contribution in [1.82, 2.24) is 18.6 Å². The van der Waals surface area contributed by atoms with Crippen molar-refractivity contribution in [2.24, 2.45) is 0 Å². The molecular formula is C14H18N4OS. The van der Waals surface area contributed by atoms with Crippen LogP contribution in [-0.2, 0) is 0 Å². The SMILES string of the molecule is COc1nsnc1C1=CCCN(C)C1.c1ccncc1. The van der Waals surface area contributed by atoms with Crippen LogP contribution in [0.15, 0.2) is 36.7 Å². The highest BCUT2D eigenvalue weighted by atomic mass is 32.1. The number of methoxy groups -OCH3 is 1. The first-order chi connectivity index (χ1) is 9.81. The van der Waals surface area contributed by atoms with Crippen molar-refractivity contribution < 1.29 is 4.74 Å². The van der Waals surface area contributed by atoms with E-state index in [4.69, 9.17) is 4.74 Å². The average Bonchev–Trinajstić information content (AvgIpc) is 2.98. The van der Waals surface area contributed by atoms with Crippen LogP contribution in [0.4, 0.5) is 0 Å². The molecule has 1 aliphatic rings. The number of nitrogens with zero attached hydrogens (tertiary/aromatic N) is 4. The summed E-state index contributed by atoms with van der Waals surface area (Å²) in [5, 5.41) is 0. The number of rotatable bonds is 2. The summed E-state index contributed by atoms with van der Waals surface area (Å²) < 4.78 is 13.5. The molecule has 0 saturated carbocycles. The Bertz CT molecular complexity index is 514. The molecule has 0 saturated heterocycles. The van der Waals surface area contributed by atoms with Crippen molar-refractivity contribution in [3.8, 4) is 5.88 Å². The van der Waals surface area contributed by atoms with E-state index in [0.29, 0.717) is 5.88 Å². The van der Waals surface area contributed by atoms with Crippen molar-refractivity contribution in [1.29, 1.82) is 0 Å². The average molecular weight is 290 g/mol. The van der Waals surface area contributed by atoms with E-state index in [-0.39, 0.29) is 0 Å². The molecule has 106 valence electrons. The normalized spacial score (nSPS) is 15.0. The predicted octanol–water partition coefficient (Wildman–Crippen LogP) is 2.35. The largest absolute Gasteiger partial charge is 0.479 e. The van der Waals surface area contributed by atoms with Crippen molar-refractivity contribution in [2.45, 2.75) is 6.42 Å². The van der Waals surface area contributed by atoms with Gasteiger partial charge in [-0.25, -0.2) is 0 Å². The Labute approximate surface area is 123 Å². The summed E-state index contributed by atoms with van der Waals surface area (Å²) in [5.41, 5.74) is 2.13. The van der Waals surface area contributed by atoms with Crippen molar-refractivity contribution >= 4 is 17.3 Å². The molecule has 0 aliphatic carbocycles. The number of hydrogen-bond acceptors (Lipinski definition) is 6. The van der Waals surface area contributed by atoms with E-state index in [1.807, 2.05) is 18.2 Å². The van der Waals surface area contributed by atoms with E-state index < -0.39 is 0 Å². The lowest BCUT2D eigenvalue weighted by Crippen LogP contribution is -2.25. The molecule has 3 heterocycles. The second-order valence-electron chi connectivity index (χ2n) is 4.40. The first-order valence-corrected chi connectivity index (χ1v) is 7.13. The second-order valence-corrected chi connectivity index (χ2v) is 4.93. The van der Waals surface area contributed by atoms with Gasteiger partial charge in [-0.1, -0.05) is 12.1 Å². The van der Waals surface area contributed by atoms with E-state index in [1.54, 1.807) is 19.5 Å². The number of likely N-dealkylation sites (N-methyl/N-ethyl adjacent to an activating group) is 1.